The Morgan fingerprint density at radius 2 is 1.90 bits per heavy atom. The van der Waals surface area contributed by atoms with Gasteiger partial charge in [-0.3, -0.25) is 4.79 Å². The van der Waals surface area contributed by atoms with Crippen LogP contribution in [0.15, 0.2) is 66.1 Å². The third-order valence-electron chi connectivity index (χ3n) is 3.83. The van der Waals surface area contributed by atoms with Crippen LogP contribution in [-0.2, 0) is 26.1 Å². The van der Waals surface area contributed by atoms with Crippen LogP contribution in [0.5, 0.6) is 0 Å². The van der Waals surface area contributed by atoms with E-state index in [0.29, 0.717) is 5.56 Å². The van der Waals surface area contributed by atoms with Gasteiger partial charge in [-0.05, 0) is 42.8 Å². The molecule has 0 fully saturated rings. The van der Waals surface area contributed by atoms with Gasteiger partial charge in [0.25, 0.3) is 5.91 Å². The van der Waals surface area contributed by atoms with E-state index >= 15 is 0 Å². The highest BCUT2D eigenvalue weighted by molar-refractivity contribution is 7.89. The lowest BCUT2D eigenvalue weighted by Gasteiger charge is -2.14. The minimum absolute atomic E-state index is 0.00957. The summed E-state index contributed by atoms with van der Waals surface area (Å²) in [7, 11) is -3.80. The number of amides is 1. The molecule has 0 aliphatic rings. The van der Waals surface area contributed by atoms with Crippen LogP contribution in [0.1, 0.15) is 22.8 Å². The SMILES string of the molecule is C=CCNS(=O)(=O)c1cccc(C(=O)O[C@H](C)C(=O)NCc2ccc(F)cc2)c1. The first-order valence-corrected chi connectivity index (χ1v) is 10.1. The molecule has 1 amide bonds. The number of esters is 1. The summed E-state index contributed by atoms with van der Waals surface area (Å²) < 4.78 is 44.6. The summed E-state index contributed by atoms with van der Waals surface area (Å²) in [5.41, 5.74) is 0.674. The zero-order valence-corrected chi connectivity index (χ0v) is 16.5. The van der Waals surface area contributed by atoms with Crippen molar-refractivity contribution in [1.82, 2.24) is 10.0 Å². The van der Waals surface area contributed by atoms with E-state index in [1.807, 2.05) is 0 Å². The van der Waals surface area contributed by atoms with Gasteiger partial charge in [-0.1, -0.05) is 24.3 Å². The maximum Gasteiger partial charge on any atom is 0.338 e. The summed E-state index contributed by atoms with van der Waals surface area (Å²) in [6.07, 6.45) is 0.282. The largest absolute Gasteiger partial charge is 0.449 e. The lowest BCUT2D eigenvalue weighted by atomic mass is 10.2. The first-order chi connectivity index (χ1) is 13.7. The van der Waals surface area contributed by atoms with Crippen LogP contribution in [-0.4, -0.2) is 32.9 Å². The number of carbonyl (C=O) groups is 2. The first-order valence-electron chi connectivity index (χ1n) is 8.66. The Labute approximate surface area is 168 Å². The van der Waals surface area contributed by atoms with E-state index in [0.717, 1.165) is 6.07 Å². The van der Waals surface area contributed by atoms with E-state index in [4.69, 9.17) is 4.74 Å². The molecule has 2 rings (SSSR count). The zero-order chi connectivity index (χ0) is 21.4. The van der Waals surface area contributed by atoms with E-state index in [9.17, 15) is 22.4 Å². The summed E-state index contributed by atoms with van der Waals surface area (Å²) in [6, 6.07) is 10.9. The average Bonchev–Trinajstić information content (AvgIpc) is 2.71. The van der Waals surface area contributed by atoms with Crippen LogP contribution in [0.2, 0.25) is 0 Å². The second-order valence-corrected chi connectivity index (χ2v) is 7.83. The second-order valence-electron chi connectivity index (χ2n) is 6.06. The number of ether oxygens (including phenoxy) is 1. The van der Waals surface area contributed by atoms with E-state index < -0.39 is 28.0 Å². The molecule has 0 bridgehead atoms. The minimum Gasteiger partial charge on any atom is -0.449 e. The number of benzene rings is 2. The van der Waals surface area contributed by atoms with Crippen molar-refractivity contribution < 1.29 is 27.1 Å². The van der Waals surface area contributed by atoms with Crippen molar-refractivity contribution in [3.63, 3.8) is 0 Å². The van der Waals surface area contributed by atoms with E-state index in [1.165, 1.54) is 55.5 Å². The molecular weight excluding hydrogens is 399 g/mol. The Balaban J connectivity index is 1.98. The molecule has 0 radical (unpaired) electrons. The molecule has 9 heteroatoms. The monoisotopic (exact) mass is 420 g/mol. The molecule has 0 aromatic heterocycles. The van der Waals surface area contributed by atoms with E-state index in [2.05, 4.69) is 16.6 Å². The van der Waals surface area contributed by atoms with Crippen LogP contribution < -0.4 is 10.0 Å². The molecule has 1 atom stereocenters. The predicted molar refractivity (Wildman–Crippen MR) is 105 cm³/mol. The Hall–Kier alpha value is -3.04. The normalized spacial score (nSPS) is 12.1. The van der Waals surface area contributed by atoms with Crippen molar-refractivity contribution in [2.75, 3.05) is 6.54 Å². The average molecular weight is 420 g/mol. The lowest BCUT2D eigenvalue weighted by molar-refractivity contribution is -0.129. The summed E-state index contributed by atoms with van der Waals surface area (Å²) in [6.45, 7) is 5.01. The number of rotatable bonds is 9. The molecule has 0 unspecified atom stereocenters. The van der Waals surface area contributed by atoms with Gasteiger partial charge in [0, 0.05) is 13.1 Å². The highest BCUT2D eigenvalue weighted by atomic mass is 32.2. The molecule has 154 valence electrons. The molecule has 29 heavy (non-hydrogen) atoms. The van der Waals surface area contributed by atoms with Crippen LogP contribution in [0.3, 0.4) is 0 Å². The summed E-state index contributed by atoms with van der Waals surface area (Å²) in [5.74, 6) is -1.76. The Morgan fingerprint density at radius 1 is 1.21 bits per heavy atom. The van der Waals surface area contributed by atoms with Crippen molar-refractivity contribution in [2.45, 2.75) is 24.5 Å². The van der Waals surface area contributed by atoms with Crippen molar-refractivity contribution in [3.05, 3.63) is 78.1 Å². The molecule has 0 heterocycles. The smallest absolute Gasteiger partial charge is 0.338 e. The maximum atomic E-state index is 12.9. The Bertz CT molecular complexity index is 990. The Kier molecular flexibility index (Phi) is 7.63. The third-order valence-corrected chi connectivity index (χ3v) is 5.25. The maximum absolute atomic E-state index is 12.9. The van der Waals surface area contributed by atoms with Gasteiger partial charge in [-0.2, -0.15) is 0 Å². The highest BCUT2D eigenvalue weighted by Gasteiger charge is 2.21. The fourth-order valence-corrected chi connectivity index (χ4v) is 3.30. The van der Waals surface area contributed by atoms with Gasteiger partial charge >= 0.3 is 5.97 Å². The molecule has 2 aromatic carbocycles. The van der Waals surface area contributed by atoms with Gasteiger partial charge in [0.2, 0.25) is 10.0 Å². The molecule has 0 spiro atoms. The number of hydrogen-bond donors (Lipinski definition) is 2. The van der Waals surface area contributed by atoms with Crippen LogP contribution in [0, 0.1) is 5.82 Å². The van der Waals surface area contributed by atoms with Crippen LogP contribution in [0.25, 0.3) is 0 Å². The fourth-order valence-electron chi connectivity index (χ4n) is 2.26. The zero-order valence-electron chi connectivity index (χ0n) is 15.7. The van der Waals surface area contributed by atoms with E-state index in [-0.39, 0.29) is 29.4 Å². The summed E-state index contributed by atoms with van der Waals surface area (Å²) in [5, 5.41) is 2.58. The quantitative estimate of drug-likeness (QED) is 0.478. The number of hydrogen-bond acceptors (Lipinski definition) is 5. The highest BCUT2D eigenvalue weighted by Crippen LogP contribution is 2.13. The van der Waals surface area contributed by atoms with Crippen LogP contribution >= 0.6 is 0 Å². The number of carbonyl (C=O) groups excluding carboxylic acids is 2. The van der Waals surface area contributed by atoms with Crippen LogP contribution in [0.4, 0.5) is 4.39 Å². The van der Waals surface area contributed by atoms with Gasteiger partial charge in [0.1, 0.15) is 5.82 Å². The summed E-state index contributed by atoms with van der Waals surface area (Å²) >= 11 is 0. The number of sulfonamides is 1. The van der Waals surface area contributed by atoms with Gasteiger partial charge in [0.05, 0.1) is 10.5 Å². The van der Waals surface area contributed by atoms with E-state index in [1.54, 1.807) is 0 Å². The molecular formula is C20H21FN2O5S. The fraction of sp³-hybridized carbons (Fsp3) is 0.200. The molecule has 0 aliphatic heterocycles. The molecule has 0 saturated heterocycles. The van der Waals surface area contributed by atoms with Gasteiger partial charge in [-0.15, -0.1) is 6.58 Å². The molecule has 2 aromatic rings. The molecule has 7 nitrogen and oxygen atoms in total. The molecule has 2 N–H and O–H groups in total. The number of nitrogens with one attached hydrogen (secondary N) is 2. The van der Waals surface area contributed by atoms with Gasteiger partial charge in [0.15, 0.2) is 6.10 Å². The standard InChI is InChI=1S/C20H21FN2O5S/c1-3-11-23-29(26,27)18-6-4-5-16(12-18)20(25)28-14(2)19(24)22-13-15-7-9-17(21)10-8-15/h3-10,12,14,23H,1,11,13H2,2H3,(H,22,24)/t14-/m1/s1. The molecule has 0 aliphatic carbocycles. The Morgan fingerprint density at radius 3 is 2.55 bits per heavy atom. The molecule has 0 saturated carbocycles. The van der Waals surface area contributed by atoms with Crippen molar-refractivity contribution >= 4 is 21.9 Å². The van der Waals surface area contributed by atoms with Gasteiger partial charge in [-0.25, -0.2) is 22.3 Å². The minimum atomic E-state index is -3.80. The lowest BCUT2D eigenvalue weighted by Crippen LogP contribution is -2.35. The second kappa shape index (κ2) is 9.94. The van der Waals surface area contributed by atoms with Crippen molar-refractivity contribution in [2.24, 2.45) is 0 Å². The van der Waals surface area contributed by atoms with Crippen molar-refractivity contribution in [3.8, 4) is 0 Å². The summed E-state index contributed by atoms with van der Waals surface area (Å²) in [4.78, 5) is 24.3. The van der Waals surface area contributed by atoms with Crippen molar-refractivity contribution in [1.29, 1.82) is 0 Å². The topological polar surface area (TPSA) is 102 Å². The first kappa shape index (κ1) is 22.3. The number of halogens is 1. The van der Waals surface area contributed by atoms with Gasteiger partial charge < -0.3 is 10.1 Å². The third kappa shape index (κ3) is 6.51. The predicted octanol–water partition coefficient (Wildman–Crippen LogP) is 2.15.